The van der Waals surface area contributed by atoms with Gasteiger partial charge in [0.1, 0.15) is 16.5 Å². The fraction of sp³-hybridized carbons (Fsp3) is 0.0455. The van der Waals surface area contributed by atoms with E-state index in [0.717, 1.165) is 16.3 Å². The van der Waals surface area contributed by atoms with Gasteiger partial charge in [-0.2, -0.15) is 0 Å². The van der Waals surface area contributed by atoms with E-state index in [0.29, 0.717) is 16.4 Å². The number of sulfonamides is 1. The number of aromatic nitrogens is 2. The van der Waals surface area contributed by atoms with Gasteiger partial charge >= 0.3 is 0 Å². The Morgan fingerprint density at radius 1 is 0.938 bits per heavy atom. The van der Waals surface area contributed by atoms with Crippen LogP contribution in [0.1, 0.15) is 0 Å². The van der Waals surface area contributed by atoms with Crippen molar-refractivity contribution >= 4 is 44.2 Å². The molecule has 0 fully saturated rings. The summed E-state index contributed by atoms with van der Waals surface area (Å²) >= 11 is 1.23. The summed E-state index contributed by atoms with van der Waals surface area (Å²) in [6.45, 7) is 0. The minimum absolute atomic E-state index is 0.0344. The van der Waals surface area contributed by atoms with Crippen LogP contribution >= 0.6 is 11.8 Å². The van der Waals surface area contributed by atoms with Gasteiger partial charge in [-0.15, -0.1) is 10.2 Å². The largest absolute Gasteiger partial charge is 0.325 e. The molecule has 3 aromatic carbocycles. The van der Waals surface area contributed by atoms with Crippen LogP contribution in [0.25, 0.3) is 22.0 Å². The summed E-state index contributed by atoms with van der Waals surface area (Å²) < 4.78 is 35.9. The van der Waals surface area contributed by atoms with Gasteiger partial charge < -0.3 is 5.32 Å². The second-order valence-corrected chi connectivity index (χ2v) is 9.34. The smallest absolute Gasteiger partial charge is 0.238 e. The predicted molar refractivity (Wildman–Crippen MR) is 122 cm³/mol. The maximum absolute atomic E-state index is 13.3. The molecule has 1 heterocycles. The number of primary sulfonamides is 1. The van der Waals surface area contributed by atoms with E-state index in [1.165, 1.54) is 48.2 Å². The van der Waals surface area contributed by atoms with Crippen LogP contribution in [0.5, 0.6) is 0 Å². The Kier molecular flexibility index (Phi) is 6.17. The third-order valence-corrected chi connectivity index (χ3v) is 6.49. The molecule has 3 N–H and O–H groups in total. The average molecular weight is 469 g/mol. The number of hydrogen-bond donors (Lipinski definition) is 2. The lowest BCUT2D eigenvalue weighted by atomic mass is 10.1. The molecule has 0 unspecified atom stereocenters. The Morgan fingerprint density at radius 2 is 1.59 bits per heavy atom. The van der Waals surface area contributed by atoms with Gasteiger partial charge in [-0.05, 0) is 48.5 Å². The number of amides is 1. The molecule has 10 heteroatoms. The molecule has 0 spiro atoms. The third kappa shape index (κ3) is 4.93. The molecule has 4 rings (SSSR count). The second kappa shape index (κ2) is 9.03. The van der Waals surface area contributed by atoms with Gasteiger partial charge in [-0.25, -0.2) is 17.9 Å². The lowest BCUT2D eigenvalue weighted by molar-refractivity contribution is -0.113. The molecule has 0 aliphatic carbocycles. The van der Waals surface area contributed by atoms with Gasteiger partial charge in [0.25, 0.3) is 0 Å². The lowest BCUT2D eigenvalue weighted by Crippen LogP contribution is -2.15. The third-order valence-electron chi connectivity index (χ3n) is 4.58. The van der Waals surface area contributed by atoms with Gasteiger partial charge in [0.2, 0.25) is 15.9 Å². The quantitative estimate of drug-likeness (QED) is 0.416. The number of carbonyl (C=O) groups is 1. The Morgan fingerprint density at radius 3 is 2.25 bits per heavy atom. The molecule has 0 aliphatic rings. The molecule has 0 saturated heterocycles. The van der Waals surface area contributed by atoms with Gasteiger partial charge in [0.05, 0.1) is 10.6 Å². The van der Waals surface area contributed by atoms with Crippen molar-refractivity contribution < 1.29 is 17.6 Å². The van der Waals surface area contributed by atoms with Crippen LogP contribution in [0.4, 0.5) is 10.1 Å². The van der Waals surface area contributed by atoms with E-state index in [9.17, 15) is 17.6 Å². The SMILES string of the molecule is NS(=O)(=O)c1ccc(NC(=O)CSc2nnc(-c3ccc(F)cc3)c3ccccc23)cc1. The fourth-order valence-corrected chi connectivity index (χ4v) is 4.35. The first-order valence-corrected chi connectivity index (χ1v) is 11.9. The number of fused-ring (bicyclic) bond motifs is 1. The molecule has 0 atom stereocenters. The molecule has 4 aromatic rings. The summed E-state index contributed by atoms with van der Waals surface area (Å²) in [5, 5.41) is 18.6. The number of carbonyl (C=O) groups excluding carboxylic acids is 1. The molecule has 0 radical (unpaired) electrons. The Balaban J connectivity index is 1.50. The molecule has 1 amide bonds. The van der Waals surface area contributed by atoms with E-state index in [1.807, 2.05) is 24.3 Å². The molecule has 0 saturated carbocycles. The van der Waals surface area contributed by atoms with Crippen LogP contribution in [-0.2, 0) is 14.8 Å². The second-order valence-electron chi connectivity index (χ2n) is 6.81. The van der Waals surface area contributed by atoms with E-state index >= 15 is 0 Å². The number of rotatable bonds is 6. The number of nitrogens with two attached hydrogens (primary N) is 1. The molecule has 0 bridgehead atoms. The highest BCUT2D eigenvalue weighted by molar-refractivity contribution is 8.00. The molecule has 7 nitrogen and oxygen atoms in total. The number of anilines is 1. The highest BCUT2D eigenvalue weighted by atomic mass is 32.2. The first-order chi connectivity index (χ1) is 15.3. The summed E-state index contributed by atoms with van der Waals surface area (Å²) in [6, 6.07) is 19.2. The van der Waals surface area contributed by atoms with E-state index in [1.54, 1.807) is 12.1 Å². The van der Waals surface area contributed by atoms with Crippen LogP contribution in [0, 0.1) is 5.82 Å². The van der Waals surface area contributed by atoms with Gasteiger partial charge in [-0.3, -0.25) is 4.79 Å². The van der Waals surface area contributed by atoms with E-state index in [-0.39, 0.29) is 22.4 Å². The normalized spacial score (nSPS) is 11.4. The summed E-state index contributed by atoms with van der Waals surface area (Å²) in [4.78, 5) is 12.3. The first-order valence-electron chi connectivity index (χ1n) is 9.38. The first kappa shape index (κ1) is 21.9. The fourth-order valence-electron chi connectivity index (χ4n) is 3.07. The summed E-state index contributed by atoms with van der Waals surface area (Å²) in [7, 11) is -3.79. The highest BCUT2D eigenvalue weighted by Crippen LogP contribution is 2.31. The van der Waals surface area contributed by atoms with Crippen LogP contribution in [0.2, 0.25) is 0 Å². The van der Waals surface area contributed by atoms with E-state index in [4.69, 9.17) is 5.14 Å². The molecule has 32 heavy (non-hydrogen) atoms. The zero-order chi connectivity index (χ0) is 22.7. The number of thioether (sulfide) groups is 1. The average Bonchev–Trinajstić information content (AvgIpc) is 2.78. The predicted octanol–water partition coefficient (Wildman–Crippen LogP) is 3.81. The van der Waals surface area contributed by atoms with Crippen molar-refractivity contribution in [1.82, 2.24) is 10.2 Å². The maximum Gasteiger partial charge on any atom is 0.238 e. The van der Waals surface area contributed by atoms with Crippen molar-refractivity contribution in [3.8, 4) is 11.3 Å². The Hall–Kier alpha value is -3.34. The topological polar surface area (TPSA) is 115 Å². The molecular formula is C22H17FN4O3S2. The van der Waals surface area contributed by atoms with E-state index < -0.39 is 10.0 Å². The number of nitrogens with zero attached hydrogens (tertiary/aromatic N) is 2. The minimum Gasteiger partial charge on any atom is -0.325 e. The van der Waals surface area contributed by atoms with Crippen LogP contribution in [0.3, 0.4) is 0 Å². The zero-order valence-corrected chi connectivity index (χ0v) is 18.2. The summed E-state index contributed by atoms with van der Waals surface area (Å²) in [5.41, 5.74) is 1.82. The van der Waals surface area contributed by atoms with Crippen molar-refractivity contribution in [3.05, 3.63) is 78.6 Å². The van der Waals surface area contributed by atoms with E-state index in [2.05, 4.69) is 15.5 Å². The van der Waals surface area contributed by atoms with Crippen molar-refractivity contribution in [2.45, 2.75) is 9.92 Å². The summed E-state index contributed by atoms with van der Waals surface area (Å²) in [6.07, 6.45) is 0. The van der Waals surface area contributed by atoms with Crippen molar-refractivity contribution in [2.24, 2.45) is 5.14 Å². The van der Waals surface area contributed by atoms with Gasteiger partial charge in [0.15, 0.2) is 0 Å². The monoisotopic (exact) mass is 468 g/mol. The van der Waals surface area contributed by atoms with Gasteiger partial charge in [0, 0.05) is 22.0 Å². The molecular weight excluding hydrogens is 451 g/mol. The lowest BCUT2D eigenvalue weighted by Gasteiger charge is -2.10. The zero-order valence-electron chi connectivity index (χ0n) is 16.5. The highest BCUT2D eigenvalue weighted by Gasteiger charge is 2.13. The standard InChI is InChI=1S/C22H17FN4O3S2/c23-15-7-5-14(6-8-15)21-18-3-1-2-4-19(18)22(27-26-21)31-13-20(28)25-16-9-11-17(12-10-16)32(24,29)30/h1-12H,13H2,(H,25,28)(H2,24,29,30). The Bertz CT molecular complexity index is 1390. The molecule has 162 valence electrons. The number of halogens is 1. The van der Waals surface area contributed by atoms with Crippen molar-refractivity contribution in [3.63, 3.8) is 0 Å². The Labute approximate surface area is 187 Å². The molecule has 0 aliphatic heterocycles. The molecule has 1 aromatic heterocycles. The minimum atomic E-state index is -3.79. The van der Waals surface area contributed by atoms with Crippen LogP contribution < -0.4 is 10.5 Å². The van der Waals surface area contributed by atoms with Crippen LogP contribution in [0.15, 0.2) is 82.7 Å². The van der Waals surface area contributed by atoms with Crippen molar-refractivity contribution in [2.75, 3.05) is 11.1 Å². The van der Waals surface area contributed by atoms with Crippen LogP contribution in [-0.4, -0.2) is 30.3 Å². The van der Waals surface area contributed by atoms with Gasteiger partial charge in [-0.1, -0.05) is 36.0 Å². The summed E-state index contributed by atoms with van der Waals surface area (Å²) in [5.74, 6) is -0.541. The van der Waals surface area contributed by atoms with Crippen molar-refractivity contribution in [1.29, 1.82) is 0 Å². The number of hydrogen-bond acceptors (Lipinski definition) is 6. The maximum atomic E-state index is 13.3. The number of benzene rings is 3. The number of nitrogens with one attached hydrogen (secondary N) is 1.